The highest BCUT2D eigenvalue weighted by Gasteiger charge is 2.24. The van der Waals surface area contributed by atoms with Gasteiger partial charge in [-0.1, -0.05) is 13.8 Å². The lowest BCUT2D eigenvalue weighted by Gasteiger charge is -2.35. The van der Waals surface area contributed by atoms with E-state index < -0.39 is 5.97 Å². The smallest absolute Gasteiger partial charge is 0.307 e. The van der Waals surface area contributed by atoms with Crippen LogP contribution in [-0.4, -0.2) is 41.7 Å². The van der Waals surface area contributed by atoms with Crippen molar-refractivity contribution in [1.82, 2.24) is 4.90 Å². The Morgan fingerprint density at radius 1 is 1.64 bits per heavy atom. The van der Waals surface area contributed by atoms with E-state index >= 15 is 0 Å². The molecule has 0 radical (unpaired) electrons. The first-order valence-electron chi connectivity index (χ1n) is 5.19. The SMILES string of the molecule is CC1CC(N)CN(CC(C)C(=O)O)C1. The van der Waals surface area contributed by atoms with Crippen molar-refractivity contribution in [3.63, 3.8) is 0 Å². The Labute approximate surface area is 85.1 Å². The van der Waals surface area contributed by atoms with Crippen molar-refractivity contribution in [2.24, 2.45) is 17.6 Å². The number of nitrogens with zero attached hydrogens (tertiary/aromatic N) is 1. The lowest BCUT2D eigenvalue weighted by molar-refractivity contribution is -0.141. The van der Waals surface area contributed by atoms with E-state index in [0.717, 1.165) is 19.5 Å². The van der Waals surface area contributed by atoms with E-state index in [-0.39, 0.29) is 12.0 Å². The third-order valence-electron chi connectivity index (χ3n) is 2.72. The molecule has 1 heterocycles. The monoisotopic (exact) mass is 200 g/mol. The average Bonchev–Trinajstić information content (AvgIpc) is 2.01. The van der Waals surface area contributed by atoms with Crippen LogP contribution in [0.3, 0.4) is 0 Å². The summed E-state index contributed by atoms with van der Waals surface area (Å²) in [6.07, 6.45) is 1.05. The maximum absolute atomic E-state index is 10.7. The molecule has 1 aliphatic rings. The van der Waals surface area contributed by atoms with Gasteiger partial charge in [-0.2, -0.15) is 0 Å². The van der Waals surface area contributed by atoms with Gasteiger partial charge in [-0.05, 0) is 12.3 Å². The summed E-state index contributed by atoms with van der Waals surface area (Å²) < 4.78 is 0. The molecule has 3 unspecified atom stereocenters. The largest absolute Gasteiger partial charge is 0.481 e. The second-order valence-corrected chi connectivity index (χ2v) is 4.56. The molecule has 1 saturated heterocycles. The number of nitrogens with two attached hydrogens (primary N) is 1. The topological polar surface area (TPSA) is 66.6 Å². The minimum absolute atomic E-state index is 0.208. The summed E-state index contributed by atoms with van der Waals surface area (Å²) in [5, 5.41) is 8.79. The van der Waals surface area contributed by atoms with Gasteiger partial charge in [0.2, 0.25) is 0 Å². The van der Waals surface area contributed by atoms with Gasteiger partial charge in [-0.25, -0.2) is 0 Å². The van der Waals surface area contributed by atoms with Crippen LogP contribution in [0.25, 0.3) is 0 Å². The molecule has 0 bridgehead atoms. The molecule has 0 amide bonds. The summed E-state index contributed by atoms with van der Waals surface area (Å²) in [5.41, 5.74) is 5.88. The molecule has 0 aromatic carbocycles. The van der Waals surface area contributed by atoms with Crippen LogP contribution in [0.5, 0.6) is 0 Å². The normalized spacial score (nSPS) is 31.4. The van der Waals surface area contributed by atoms with Crippen LogP contribution in [0.15, 0.2) is 0 Å². The van der Waals surface area contributed by atoms with Crippen molar-refractivity contribution in [2.75, 3.05) is 19.6 Å². The van der Waals surface area contributed by atoms with Gasteiger partial charge in [0.05, 0.1) is 5.92 Å². The number of carbonyl (C=O) groups is 1. The Bertz CT molecular complexity index is 198. The summed E-state index contributed by atoms with van der Waals surface area (Å²) in [7, 11) is 0. The molecule has 14 heavy (non-hydrogen) atoms. The number of piperidine rings is 1. The van der Waals surface area contributed by atoms with E-state index in [2.05, 4.69) is 11.8 Å². The Kier molecular flexibility index (Phi) is 3.89. The number of carboxylic acid groups (broad SMARTS) is 1. The van der Waals surface area contributed by atoms with E-state index in [1.165, 1.54) is 0 Å². The van der Waals surface area contributed by atoms with Crippen molar-refractivity contribution in [3.8, 4) is 0 Å². The summed E-state index contributed by atoms with van der Waals surface area (Å²) >= 11 is 0. The van der Waals surface area contributed by atoms with Gasteiger partial charge in [0.25, 0.3) is 0 Å². The summed E-state index contributed by atoms with van der Waals surface area (Å²) in [6, 6.07) is 0.208. The zero-order valence-electron chi connectivity index (χ0n) is 8.94. The predicted octanol–water partition coefficient (Wildman–Crippen LogP) is 0.376. The number of aliphatic carboxylic acids is 1. The summed E-state index contributed by atoms with van der Waals surface area (Å²) in [6.45, 7) is 6.34. The van der Waals surface area contributed by atoms with Crippen LogP contribution in [0.4, 0.5) is 0 Å². The van der Waals surface area contributed by atoms with Crippen LogP contribution in [0, 0.1) is 11.8 Å². The van der Waals surface area contributed by atoms with Gasteiger partial charge in [-0.15, -0.1) is 0 Å². The van der Waals surface area contributed by atoms with Gasteiger partial charge in [0.1, 0.15) is 0 Å². The molecular formula is C10H20N2O2. The maximum atomic E-state index is 10.7. The van der Waals surface area contributed by atoms with Crippen LogP contribution in [0.2, 0.25) is 0 Å². The zero-order valence-corrected chi connectivity index (χ0v) is 8.94. The van der Waals surface area contributed by atoms with E-state index in [9.17, 15) is 4.79 Å². The number of likely N-dealkylation sites (tertiary alicyclic amines) is 1. The molecule has 4 heteroatoms. The zero-order chi connectivity index (χ0) is 10.7. The third kappa shape index (κ3) is 3.27. The highest BCUT2D eigenvalue weighted by atomic mass is 16.4. The molecule has 82 valence electrons. The first-order valence-corrected chi connectivity index (χ1v) is 5.19. The van der Waals surface area contributed by atoms with Crippen molar-refractivity contribution in [3.05, 3.63) is 0 Å². The van der Waals surface area contributed by atoms with Crippen LogP contribution in [0.1, 0.15) is 20.3 Å². The fourth-order valence-electron chi connectivity index (χ4n) is 2.13. The molecule has 4 nitrogen and oxygen atoms in total. The maximum Gasteiger partial charge on any atom is 0.307 e. The second-order valence-electron chi connectivity index (χ2n) is 4.56. The molecule has 0 saturated carbocycles. The third-order valence-corrected chi connectivity index (χ3v) is 2.72. The summed E-state index contributed by atoms with van der Waals surface area (Å²) in [5.74, 6) is -0.441. The molecular weight excluding hydrogens is 180 g/mol. The highest BCUT2D eigenvalue weighted by Crippen LogP contribution is 2.16. The lowest BCUT2D eigenvalue weighted by atomic mass is 9.96. The number of carboxylic acids is 1. The van der Waals surface area contributed by atoms with Gasteiger partial charge < -0.3 is 15.7 Å². The standard InChI is InChI=1S/C10H20N2O2/c1-7-3-9(11)6-12(4-7)5-8(2)10(13)14/h7-9H,3-6,11H2,1-2H3,(H,13,14). The van der Waals surface area contributed by atoms with Crippen LogP contribution in [-0.2, 0) is 4.79 Å². The van der Waals surface area contributed by atoms with Gasteiger partial charge in [-0.3, -0.25) is 4.79 Å². The molecule has 1 rings (SSSR count). The van der Waals surface area contributed by atoms with Crippen LogP contribution >= 0.6 is 0 Å². The Morgan fingerprint density at radius 2 is 2.29 bits per heavy atom. The molecule has 0 aromatic heterocycles. The van der Waals surface area contributed by atoms with E-state index in [0.29, 0.717) is 12.5 Å². The highest BCUT2D eigenvalue weighted by molar-refractivity contribution is 5.69. The van der Waals surface area contributed by atoms with E-state index in [4.69, 9.17) is 10.8 Å². The molecule has 3 N–H and O–H groups in total. The first-order chi connectivity index (χ1) is 6.49. The predicted molar refractivity (Wildman–Crippen MR) is 55.0 cm³/mol. The van der Waals surface area contributed by atoms with Gasteiger partial charge >= 0.3 is 5.97 Å². The molecule has 3 atom stereocenters. The fraction of sp³-hybridized carbons (Fsp3) is 0.900. The fourth-order valence-corrected chi connectivity index (χ4v) is 2.13. The van der Waals surface area contributed by atoms with E-state index in [1.54, 1.807) is 6.92 Å². The quantitative estimate of drug-likeness (QED) is 0.691. The average molecular weight is 200 g/mol. The minimum atomic E-state index is -0.725. The number of rotatable bonds is 3. The van der Waals surface area contributed by atoms with Crippen molar-refractivity contribution < 1.29 is 9.90 Å². The van der Waals surface area contributed by atoms with Gasteiger partial charge in [0, 0.05) is 25.7 Å². The van der Waals surface area contributed by atoms with Crippen molar-refractivity contribution in [2.45, 2.75) is 26.3 Å². The second kappa shape index (κ2) is 4.75. The Balaban J connectivity index is 2.40. The minimum Gasteiger partial charge on any atom is -0.481 e. The van der Waals surface area contributed by atoms with Crippen LogP contribution < -0.4 is 5.73 Å². The molecule has 1 aliphatic heterocycles. The van der Waals surface area contributed by atoms with Gasteiger partial charge in [0.15, 0.2) is 0 Å². The first kappa shape index (κ1) is 11.5. The molecule has 1 fully saturated rings. The van der Waals surface area contributed by atoms with Crippen molar-refractivity contribution >= 4 is 5.97 Å². The molecule has 0 aliphatic carbocycles. The van der Waals surface area contributed by atoms with E-state index in [1.807, 2.05) is 0 Å². The van der Waals surface area contributed by atoms with Crippen molar-refractivity contribution in [1.29, 1.82) is 0 Å². The number of hydrogen-bond acceptors (Lipinski definition) is 3. The Hall–Kier alpha value is -0.610. The summed E-state index contributed by atoms with van der Waals surface area (Å²) in [4.78, 5) is 12.8. The Morgan fingerprint density at radius 3 is 2.79 bits per heavy atom. The number of hydrogen-bond donors (Lipinski definition) is 2. The lowest BCUT2D eigenvalue weighted by Crippen LogP contribution is -2.48. The molecule has 0 spiro atoms. The molecule has 0 aromatic rings.